The van der Waals surface area contributed by atoms with Gasteiger partial charge in [-0.3, -0.25) is 4.99 Å². The Bertz CT molecular complexity index is 707. The van der Waals surface area contributed by atoms with E-state index in [0.29, 0.717) is 25.7 Å². The quantitative estimate of drug-likeness (QED) is 0.315. The van der Waals surface area contributed by atoms with E-state index in [2.05, 4.69) is 15.6 Å². The molecular formula is C22H31N3O3. The highest BCUT2D eigenvalue weighted by atomic mass is 16.5. The number of hydrogen-bond donors (Lipinski definition) is 3. The number of rotatable bonds is 11. The molecule has 2 rings (SSSR count). The standard InChI is InChI=1S/C22H31N3O3/c1-3-23-22(24-12-13-27-16-19-9-5-4-6-10-19)25-15-20(26)17-28-21-11-7-8-18(2)14-21/h4-11,14,20,26H,3,12-13,15-17H2,1-2H3,(H2,23,24,25). The summed E-state index contributed by atoms with van der Waals surface area (Å²) in [5.41, 5.74) is 2.28. The second kappa shape index (κ2) is 12.8. The van der Waals surface area contributed by atoms with Crippen molar-refractivity contribution in [3.63, 3.8) is 0 Å². The van der Waals surface area contributed by atoms with Crippen molar-refractivity contribution in [1.29, 1.82) is 0 Å². The summed E-state index contributed by atoms with van der Waals surface area (Å²) in [6.45, 7) is 7.00. The lowest BCUT2D eigenvalue weighted by molar-refractivity contribution is 0.114. The van der Waals surface area contributed by atoms with E-state index in [4.69, 9.17) is 9.47 Å². The van der Waals surface area contributed by atoms with Gasteiger partial charge in [0.25, 0.3) is 0 Å². The van der Waals surface area contributed by atoms with Crippen LogP contribution in [-0.2, 0) is 11.3 Å². The third-order valence-electron chi connectivity index (χ3n) is 3.89. The third-order valence-corrected chi connectivity index (χ3v) is 3.89. The van der Waals surface area contributed by atoms with E-state index in [9.17, 15) is 5.11 Å². The molecule has 0 aliphatic heterocycles. The highest BCUT2D eigenvalue weighted by Gasteiger charge is 2.06. The first-order chi connectivity index (χ1) is 13.7. The molecule has 0 saturated carbocycles. The summed E-state index contributed by atoms with van der Waals surface area (Å²) in [6.07, 6.45) is -0.676. The fraction of sp³-hybridized carbons (Fsp3) is 0.409. The number of ether oxygens (including phenoxy) is 2. The lowest BCUT2D eigenvalue weighted by atomic mass is 10.2. The van der Waals surface area contributed by atoms with E-state index in [0.717, 1.165) is 23.4 Å². The lowest BCUT2D eigenvalue weighted by Gasteiger charge is -2.14. The zero-order chi connectivity index (χ0) is 20.0. The number of aliphatic imine (C=N–C) groups is 1. The molecule has 1 atom stereocenters. The Morgan fingerprint density at radius 2 is 1.93 bits per heavy atom. The molecule has 0 spiro atoms. The molecule has 0 bridgehead atoms. The maximum Gasteiger partial charge on any atom is 0.191 e. The van der Waals surface area contributed by atoms with Gasteiger partial charge in [-0.05, 0) is 37.1 Å². The Morgan fingerprint density at radius 1 is 1.11 bits per heavy atom. The highest BCUT2D eigenvalue weighted by molar-refractivity contribution is 5.79. The van der Waals surface area contributed by atoms with Crippen LogP contribution in [0.2, 0.25) is 0 Å². The van der Waals surface area contributed by atoms with Crippen LogP contribution in [0.25, 0.3) is 0 Å². The van der Waals surface area contributed by atoms with Crippen molar-refractivity contribution in [2.24, 2.45) is 4.99 Å². The van der Waals surface area contributed by atoms with Crippen LogP contribution in [0.3, 0.4) is 0 Å². The Morgan fingerprint density at radius 3 is 2.68 bits per heavy atom. The molecule has 3 N–H and O–H groups in total. The smallest absolute Gasteiger partial charge is 0.191 e. The summed E-state index contributed by atoms with van der Waals surface area (Å²) in [5, 5.41) is 16.5. The normalized spacial score (nSPS) is 12.5. The fourth-order valence-electron chi connectivity index (χ4n) is 2.49. The van der Waals surface area contributed by atoms with E-state index in [1.807, 2.05) is 68.4 Å². The van der Waals surface area contributed by atoms with Crippen molar-refractivity contribution >= 4 is 5.96 Å². The van der Waals surface area contributed by atoms with Gasteiger partial charge in [-0.2, -0.15) is 0 Å². The molecule has 152 valence electrons. The van der Waals surface area contributed by atoms with E-state index in [1.54, 1.807) is 0 Å². The molecule has 0 aliphatic carbocycles. The van der Waals surface area contributed by atoms with Crippen molar-refractivity contribution in [2.75, 3.05) is 32.8 Å². The predicted octanol–water partition coefficient (Wildman–Crippen LogP) is 2.51. The Kier molecular flexibility index (Phi) is 9.89. The van der Waals surface area contributed by atoms with Crippen LogP contribution in [0.15, 0.2) is 59.6 Å². The molecule has 0 aliphatic rings. The molecule has 2 aromatic carbocycles. The first-order valence-corrected chi connectivity index (χ1v) is 9.68. The van der Waals surface area contributed by atoms with Crippen molar-refractivity contribution in [3.8, 4) is 5.75 Å². The van der Waals surface area contributed by atoms with E-state index >= 15 is 0 Å². The van der Waals surface area contributed by atoms with Gasteiger partial charge >= 0.3 is 0 Å². The molecule has 6 heteroatoms. The molecule has 2 aromatic rings. The zero-order valence-electron chi connectivity index (χ0n) is 16.7. The molecule has 0 saturated heterocycles. The van der Waals surface area contributed by atoms with Crippen LogP contribution in [-0.4, -0.2) is 50.0 Å². The third kappa shape index (κ3) is 8.88. The lowest BCUT2D eigenvalue weighted by Crippen LogP contribution is -2.39. The SMILES string of the molecule is CCNC(=NCC(O)COc1cccc(C)c1)NCCOCc1ccccc1. The topological polar surface area (TPSA) is 75.1 Å². The highest BCUT2D eigenvalue weighted by Crippen LogP contribution is 2.12. The van der Waals surface area contributed by atoms with Crippen LogP contribution >= 0.6 is 0 Å². The van der Waals surface area contributed by atoms with Crippen LogP contribution in [0.1, 0.15) is 18.1 Å². The summed E-state index contributed by atoms with van der Waals surface area (Å²) in [5.74, 6) is 1.41. The number of guanidine groups is 1. The van der Waals surface area contributed by atoms with E-state index < -0.39 is 6.10 Å². The number of aliphatic hydroxyl groups excluding tert-OH is 1. The van der Waals surface area contributed by atoms with Gasteiger partial charge in [0.15, 0.2) is 5.96 Å². The van der Waals surface area contributed by atoms with Gasteiger partial charge in [-0.15, -0.1) is 0 Å². The first kappa shape index (κ1) is 21.7. The second-order valence-corrected chi connectivity index (χ2v) is 6.47. The second-order valence-electron chi connectivity index (χ2n) is 6.47. The summed E-state index contributed by atoms with van der Waals surface area (Å²) in [6, 6.07) is 17.8. The van der Waals surface area contributed by atoms with Crippen molar-refractivity contribution in [2.45, 2.75) is 26.6 Å². The molecule has 0 aromatic heterocycles. The number of benzene rings is 2. The molecule has 6 nitrogen and oxygen atoms in total. The van der Waals surface area contributed by atoms with Crippen LogP contribution in [0, 0.1) is 6.92 Å². The molecule has 0 radical (unpaired) electrons. The summed E-state index contributed by atoms with van der Waals surface area (Å²) in [4.78, 5) is 4.41. The molecule has 0 amide bonds. The van der Waals surface area contributed by atoms with Crippen molar-refractivity contribution in [3.05, 3.63) is 65.7 Å². The van der Waals surface area contributed by atoms with Gasteiger partial charge in [0.1, 0.15) is 18.5 Å². The summed E-state index contributed by atoms with van der Waals surface area (Å²) in [7, 11) is 0. The van der Waals surface area contributed by atoms with Crippen molar-refractivity contribution < 1.29 is 14.6 Å². The maximum absolute atomic E-state index is 10.1. The number of aliphatic hydroxyl groups is 1. The van der Waals surface area contributed by atoms with Gasteiger partial charge in [0.05, 0.1) is 19.8 Å². The molecule has 0 heterocycles. The minimum Gasteiger partial charge on any atom is -0.491 e. The monoisotopic (exact) mass is 385 g/mol. The largest absolute Gasteiger partial charge is 0.491 e. The summed E-state index contributed by atoms with van der Waals surface area (Å²) >= 11 is 0. The van der Waals surface area contributed by atoms with Crippen molar-refractivity contribution in [1.82, 2.24) is 10.6 Å². The van der Waals surface area contributed by atoms with Crippen LogP contribution < -0.4 is 15.4 Å². The Hall–Kier alpha value is -2.57. The first-order valence-electron chi connectivity index (χ1n) is 9.68. The van der Waals surface area contributed by atoms with Gasteiger partial charge in [0, 0.05) is 13.1 Å². The van der Waals surface area contributed by atoms with Crippen LogP contribution in [0.4, 0.5) is 0 Å². The molecular weight excluding hydrogens is 354 g/mol. The molecule has 1 unspecified atom stereocenters. The van der Waals surface area contributed by atoms with Gasteiger partial charge in [-0.1, -0.05) is 42.5 Å². The average molecular weight is 386 g/mol. The minimum atomic E-state index is -0.676. The van der Waals surface area contributed by atoms with E-state index in [-0.39, 0.29) is 13.2 Å². The number of hydrogen-bond acceptors (Lipinski definition) is 4. The van der Waals surface area contributed by atoms with Gasteiger partial charge < -0.3 is 25.2 Å². The predicted molar refractivity (Wildman–Crippen MR) is 113 cm³/mol. The van der Waals surface area contributed by atoms with Gasteiger partial charge in [0.2, 0.25) is 0 Å². The minimum absolute atomic E-state index is 0.201. The van der Waals surface area contributed by atoms with Gasteiger partial charge in [-0.25, -0.2) is 0 Å². The molecule has 28 heavy (non-hydrogen) atoms. The average Bonchev–Trinajstić information content (AvgIpc) is 2.71. The van der Waals surface area contributed by atoms with E-state index in [1.165, 1.54) is 0 Å². The summed E-state index contributed by atoms with van der Waals surface area (Å²) < 4.78 is 11.3. The van der Waals surface area contributed by atoms with Crippen LogP contribution in [0.5, 0.6) is 5.75 Å². The fourth-order valence-corrected chi connectivity index (χ4v) is 2.49. The number of nitrogens with zero attached hydrogens (tertiary/aromatic N) is 1. The maximum atomic E-state index is 10.1. The number of aryl methyl sites for hydroxylation is 1. The zero-order valence-corrected chi connectivity index (χ0v) is 16.7. The molecule has 0 fully saturated rings. The number of nitrogens with one attached hydrogen (secondary N) is 2. The Balaban J connectivity index is 1.67. The Labute approximate surface area is 167 Å².